The maximum absolute atomic E-state index is 5.38. The quantitative estimate of drug-likeness (QED) is 0.916. The predicted octanol–water partition coefficient (Wildman–Crippen LogP) is 2.35. The van der Waals surface area contributed by atoms with Crippen molar-refractivity contribution in [1.82, 2.24) is 9.78 Å². The number of nitrogens with one attached hydrogen (secondary N) is 1. The number of anilines is 2. The number of aromatic nitrogens is 2. The van der Waals surface area contributed by atoms with Crippen LogP contribution in [-0.2, 0) is 17.8 Å². The molecule has 21 heavy (non-hydrogen) atoms. The molecule has 0 saturated carbocycles. The molecule has 1 fully saturated rings. The SMILES string of the molecule is CCn1nccc1CNc1ccc(N2CCOCC2)cc1. The van der Waals surface area contributed by atoms with Crippen LogP contribution in [0.15, 0.2) is 36.5 Å². The lowest BCUT2D eigenvalue weighted by molar-refractivity contribution is 0.122. The van der Waals surface area contributed by atoms with Crippen LogP contribution in [0.4, 0.5) is 11.4 Å². The van der Waals surface area contributed by atoms with E-state index in [2.05, 4.69) is 52.6 Å². The molecule has 0 atom stereocenters. The van der Waals surface area contributed by atoms with E-state index in [4.69, 9.17) is 4.74 Å². The molecule has 1 aromatic carbocycles. The maximum Gasteiger partial charge on any atom is 0.0642 e. The lowest BCUT2D eigenvalue weighted by Crippen LogP contribution is -2.36. The van der Waals surface area contributed by atoms with Crippen molar-refractivity contribution in [1.29, 1.82) is 0 Å². The molecule has 0 unspecified atom stereocenters. The molecule has 112 valence electrons. The van der Waals surface area contributed by atoms with E-state index in [0.29, 0.717) is 0 Å². The van der Waals surface area contributed by atoms with E-state index >= 15 is 0 Å². The van der Waals surface area contributed by atoms with Crippen LogP contribution in [0.1, 0.15) is 12.6 Å². The van der Waals surface area contributed by atoms with Crippen molar-refractivity contribution in [2.75, 3.05) is 36.5 Å². The van der Waals surface area contributed by atoms with Crippen molar-refractivity contribution >= 4 is 11.4 Å². The number of hydrogen-bond acceptors (Lipinski definition) is 4. The number of morpholine rings is 1. The Kier molecular flexibility index (Phi) is 4.40. The third-order valence-corrected chi connectivity index (χ3v) is 3.82. The lowest BCUT2D eigenvalue weighted by Gasteiger charge is -2.28. The van der Waals surface area contributed by atoms with Gasteiger partial charge in [0.1, 0.15) is 0 Å². The zero-order valence-corrected chi connectivity index (χ0v) is 12.5. The van der Waals surface area contributed by atoms with Gasteiger partial charge in [-0.15, -0.1) is 0 Å². The minimum Gasteiger partial charge on any atom is -0.379 e. The van der Waals surface area contributed by atoms with Gasteiger partial charge in [0.05, 0.1) is 25.5 Å². The van der Waals surface area contributed by atoms with Crippen molar-refractivity contribution in [3.05, 3.63) is 42.2 Å². The van der Waals surface area contributed by atoms with Crippen LogP contribution in [0.25, 0.3) is 0 Å². The molecule has 2 heterocycles. The molecule has 5 heteroatoms. The molecule has 1 aliphatic rings. The molecule has 1 N–H and O–H groups in total. The van der Waals surface area contributed by atoms with Gasteiger partial charge in [-0.1, -0.05) is 0 Å². The smallest absolute Gasteiger partial charge is 0.0642 e. The van der Waals surface area contributed by atoms with Gasteiger partial charge < -0.3 is 15.0 Å². The monoisotopic (exact) mass is 286 g/mol. The van der Waals surface area contributed by atoms with Gasteiger partial charge in [0.25, 0.3) is 0 Å². The van der Waals surface area contributed by atoms with E-state index in [9.17, 15) is 0 Å². The summed E-state index contributed by atoms with van der Waals surface area (Å²) in [6.07, 6.45) is 1.85. The number of aryl methyl sites for hydroxylation is 1. The molecular formula is C16H22N4O. The summed E-state index contributed by atoms with van der Waals surface area (Å²) in [5.41, 5.74) is 3.60. The number of rotatable bonds is 5. The van der Waals surface area contributed by atoms with Gasteiger partial charge in [0, 0.05) is 37.2 Å². The Balaban J connectivity index is 1.59. The average Bonchev–Trinajstić information content (AvgIpc) is 3.02. The Morgan fingerprint density at radius 1 is 1.14 bits per heavy atom. The first-order chi connectivity index (χ1) is 10.4. The van der Waals surface area contributed by atoms with E-state index in [0.717, 1.165) is 45.1 Å². The molecule has 0 spiro atoms. The largest absolute Gasteiger partial charge is 0.379 e. The summed E-state index contributed by atoms with van der Waals surface area (Å²) in [6, 6.07) is 10.7. The highest BCUT2D eigenvalue weighted by Crippen LogP contribution is 2.19. The Morgan fingerprint density at radius 3 is 2.62 bits per heavy atom. The van der Waals surface area contributed by atoms with Crippen LogP contribution in [0, 0.1) is 0 Å². The third-order valence-electron chi connectivity index (χ3n) is 3.82. The summed E-state index contributed by atoms with van der Waals surface area (Å²) in [5, 5.41) is 7.73. The topological polar surface area (TPSA) is 42.3 Å². The normalized spacial score (nSPS) is 15.2. The van der Waals surface area contributed by atoms with Crippen molar-refractivity contribution < 1.29 is 4.74 Å². The average molecular weight is 286 g/mol. The lowest BCUT2D eigenvalue weighted by atomic mass is 10.2. The van der Waals surface area contributed by atoms with Gasteiger partial charge in [-0.3, -0.25) is 4.68 Å². The fourth-order valence-electron chi connectivity index (χ4n) is 2.60. The van der Waals surface area contributed by atoms with Gasteiger partial charge in [-0.2, -0.15) is 5.10 Å². The summed E-state index contributed by atoms with van der Waals surface area (Å²) in [5.74, 6) is 0. The fourth-order valence-corrected chi connectivity index (χ4v) is 2.60. The first kappa shape index (κ1) is 13.9. The van der Waals surface area contributed by atoms with Crippen molar-refractivity contribution in [3.63, 3.8) is 0 Å². The van der Waals surface area contributed by atoms with Gasteiger partial charge in [-0.05, 0) is 37.3 Å². The molecule has 2 aromatic rings. The van der Waals surface area contributed by atoms with Crippen LogP contribution >= 0.6 is 0 Å². The van der Waals surface area contributed by atoms with E-state index in [-0.39, 0.29) is 0 Å². The fraction of sp³-hybridized carbons (Fsp3) is 0.438. The van der Waals surface area contributed by atoms with Crippen LogP contribution in [0.3, 0.4) is 0 Å². The molecule has 0 aliphatic carbocycles. The van der Waals surface area contributed by atoms with Gasteiger partial charge in [-0.25, -0.2) is 0 Å². The highest BCUT2D eigenvalue weighted by molar-refractivity contribution is 5.55. The standard InChI is InChI=1S/C16H22N4O/c1-2-20-16(7-8-18-20)13-17-14-3-5-15(6-4-14)19-9-11-21-12-10-19/h3-8,17H,2,9-13H2,1H3. The van der Waals surface area contributed by atoms with Gasteiger partial charge in [0.15, 0.2) is 0 Å². The first-order valence-corrected chi connectivity index (χ1v) is 7.54. The number of benzene rings is 1. The molecule has 1 aromatic heterocycles. The number of ether oxygens (including phenoxy) is 1. The highest BCUT2D eigenvalue weighted by atomic mass is 16.5. The minimum atomic E-state index is 0.796. The molecule has 1 aliphatic heterocycles. The first-order valence-electron chi connectivity index (χ1n) is 7.54. The minimum absolute atomic E-state index is 0.796. The van der Waals surface area contributed by atoms with E-state index in [1.165, 1.54) is 11.4 Å². The maximum atomic E-state index is 5.38. The Labute approximate surface area is 125 Å². The molecule has 3 rings (SSSR count). The highest BCUT2D eigenvalue weighted by Gasteiger charge is 2.10. The zero-order chi connectivity index (χ0) is 14.5. The second-order valence-corrected chi connectivity index (χ2v) is 5.14. The van der Waals surface area contributed by atoms with E-state index < -0.39 is 0 Å². The summed E-state index contributed by atoms with van der Waals surface area (Å²) in [7, 11) is 0. The molecule has 0 amide bonds. The van der Waals surface area contributed by atoms with Crippen LogP contribution in [-0.4, -0.2) is 36.1 Å². The van der Waals surface area contributed by atoms with Crippen molar-refractivity contribution in [2.45, 2.75) is 20.0 Å². The number of hydrogen-bond donors (Lipinski definition) is 1. The van der Waals surface area contributed by atoms with E-state index in [1.807, 2.05) is 10.9 Å². The van der Waals surface area contributed by atoms with E-state index in [1.54, 1.807) is 0 Å². The summed E-state index contributed by atoms with van der Waals surface area (Å²) >= 11 is 0. The predicted molar refractivity (Wildman–Crippen MR) is 84.7 cm³/mol. The number of nitrogens with zero attached hydrogens (tertiary/aromatic N) is 3. The summed E-state index contributed by atoms with van der Waals surface area (Å²) in [6.45, 7) is 7.39. The second kappa shape index (κ2) is 6.63. The molecule has 0 bridgehead atoms. The Hall–Kier alpha value is -2.01. The zero-order valence-electron chi connectivity index (χ0n) is 12.5. The Morgan fingerprint density at radius 2 is 1.90 bits per heavy atom. The van der Waals surface area contributed by atoms with Crippen molar-refractivity contribution in [3.8, 4) is 0 Å². The van der Waals surface area contributed by atoms with Crippen LogP contribution < -0.4 is 10.2 Å². The van der Waals surface area contributed by atoms with Gasteiger partial charge >= 0.3 is 0 Å². The second-order valence-electron chi connectivity index (χ2n) is 5.14. The van der Waals surface area contributed by atoms with Gasteiger partial charge in [0.2, 0.25) is 0 Å². The van der Waals surface area contributed by atoms with Crippen molar-refractivity contribution in [2.24, 2.45) is 0 Å². The molecule has 0 radical (unpaired) electrons. The van der Waals surface area contributed by atoms with Crippen LogP contribution in [0.2, 0.25) is 0 Å². The summed E-state index contributed by atoms with van der Waals surface area (Å²) in [4.78, 5) is 2.36. The molecule has 1 saturated heterocycles. The summed E-state index contributed by atoms with van der Waals surface area (Å²) < 4.78 is 7.39. The Bertz CT molecular complexity index is 558. The molecular weight excluding hydrogens is 264 g/mol. The molecule has 5 nitrogen and oxygen atoms in total. The van der Waals surface area contributed by atoms with Crippen LogP contribution in [0.5, 0.6) is 0 Å². The third kappa shape index (κ3) is 3.36.